The molecular formula is C20H25N3O. The third-order valence-electron chi connectivity index (χ3n) is 4.50. The lowest BCUT2D eigenvalue weighted by molar-refractivity contribution is -0.122. The number of nitrogens with zero attached hydrogens (tertiary/aromatic N) is 1. The maximum atomic E-state index is 12.0. The summed E-state index contributed by atoms with van der Waals surface area (Å²) in [6.07, 6.45) is 4.90. The molecule has 1 fully saturated rings. The second-order valence-electron chi connectivity index (χ2n) is 7.47. The Balaban J connectivity index is 1.69. The van der Waals surface area contributed by atoms with Gasteiger partial charge in [-0.1, -0.05) is 45.4 Å². The van der Waals surface area contributed by atoms with Gasteiger partial charge in [0.25, 0.3) is 0 Å². The SMILES string of the molecule is CC(C)(C)c1ccccc1Nc1ccc(NC(=O)C2CCC2)nc1. The zero-order valence-electron chi connectivity index (χ0n) is 14.6. The van der Waals surface area contributed by atoms with E-state index >= 15 is 0 Å². The lowest BCUT2D eigenvalue weighted by Gasteiger charge is -2.24. The van der Waals surface area contributed by atoms with Gasteiger partial charge in [0, 0.05) is 11.6 Å². The molecular weight excluding hydrogens is 298 g/mol. The Labute approximate surface area is 143 Å². The first kappa shape index (κ1) is 16.5. The van der Waals surface area contributed by atoms with E-state index in [9.17, 15) is 4.79 Å². The molecule has 4 nitrogen and oxygen atoms in total. The number of nitrogens with one attached hydrogen (secondary N) is 2. The molecule has 1 aliphatic rings. The second-order valence-corrected chi connectivity index (χ2v) is 7.47. The zero-order chi connectivity index (χ0) is 17.2. The minimum absolute atomic E-state index is 0.0632. The summed E-state index contributed by atoms with van der Waals surface area (Å²) in [6, 6.07) is 12.1. The minimum atomic E-state index is 0.0632. The van der Waals surface area contributed by atoms with E-state index < -0.39 is 0 Å². The highest BCUT2D eigenvalue weighted by Crippen LogP contribution is 2.31. The Morgan fingerprint density at radius 2 is 1.88 bits per heavy atom. The molecule has 0 spiro atoms. The molecule has 0 radical (unpaired) electrons. The van der Waals surface area contributed by atoms with Gasteiger partial charge in [-0.3, -0.25) is 4.79 Å². The third kappa shape index (κ3) is 3.75. The van der Waals surface area contributed by atoms with Gasteiger partial charge in [0.1, 0.15) is 5.82 Å². The zero-order valence-corrected chi connectivity index (χ0v) is 14.6. The van der Waals surface area contributed by atoms with Crippen LogP contribution >= 0.6 is 0 Å². The molecule has 0 bridgehead atoms. The Bertz CT molecular complexity index is 712. The van der Waals surface area contributed by atoms with Gasteiger partial charge in [0.2, 0.25) is 5.91 Å². The molecule has 4 heteroatoms. The summed E-state index contributed by atoms with van der Waals surface area (Å²) in [4.78, 5) is 16.3. The maximum Gasteiger partial charge on any atom is 0.228 e. The van der Waals surface area contributed by atoms with Gasteiger partial charge in [-0.2, -0.15) is 0 Å². The first-order valence-electron chi connectivity index (χ1n) is 8.57. The summed E-state index contributed by atoms with van der Waals surface area (Å²) < 4.78 is 0. The van der Waals surface area contributed by atoms with Gasteiger partial charge in [-0.15, -0.1) is 0 Å². The average Bonchev–Trinajstić information content (AvgIpc) is 2.47. The van der Waals surface area contributed by atoms with Crippen molar-refractivity contribution in [2.45, 2.75) is 45.4 Å². The Kier molecular flexibility index (Phi) is 4.56. The first-order valence-corrected chi connectivity index (χ1v) is 8.57. The van der Waals surface area contributed by atoms with E-state index in [0.717, 1.165) is 30.6 Å². The second kappa shape index (κ2) is 6.63. The molecule has 24 heavy (non-hydrogen) atoms. The van der Waals surface area contributed by atoms with E-state index in [4.69, 9.17) is 0 Å². The molecule has 2 aromatic rings. The summed E-state index contributed by atoms with van der Waals surface area (Å²) in [7, 11) is 0. The van der Waals surface area contributed by atoms with Crippen molar-refractivity contribution < 1.29 is 4.79 Å². The van der Waals surface area contributed by atoms with Crippen molar-refractivity contribution in [3.8, 4) is 0 Å². The normalized spacial score (nSPS) is 14.8. The van der Waals surface area contributed by atoms with Crippen LogP contribution in [0.4, 0.5) is 17.2 Å². The molecule has 1 aromatic carbocycles. The minimum Gasteiger partial charge on any atom is -0.354 e. The quantitative estimate of drug-likeness (QED) is 0.844. The van der Waals surface area contributed by atoms with Crippen LogP contribution in [-0.2, 0) is 10.2 Å². The summed E-state index contributed by atoms with van der Waals surface area (Å²) in [5.41, 5.74) is 3.31. The number of para-hydroxylation sites is 1. The smallest absolute Gasteiger partial charge is 0.228 e. The number of hydrogen-bond donors (Lipinski definition) is 2. The standard InChI is InChI=1S/C20H25N3O/c1-20(2,3)16-9-4-5-10-17(16)22-15-11-12-18(21-13-15)23-19(24)14-7-6-8-14/h4-5,9-14,22H,6-8H2,1-3H3,(H,21,23,24). The van der Waals surface area contributed by atoms with Crippen LogP contribution < -0.4 is 10.6 Å². The van der Waals surface area contributed by atoms with Crippen molar-refractivity contribution in [1.29, 1.82) is 0 Å². The number of aromatic nitrogens is 1. The van der Waals surface area contributed by atoms with Gasteiger partial charge in [-0.25, -0.2) is 4.98 Å². The highest BCUT2D eigenvalue weighted by molar-refractivity contribution is 5.92. The van der Waals surface area contributed by atoms with Crippen molar-refractivity contribution >= 4 is 23.1 Å². The van der Waals surface area contributed by atoms with E-state index in [2.05, 4.69) is 54.6 Å². The third-order valence-corrected chi connectivity index (χ3v) is 4.50. The Hall–Kier alpha value is -2.36. The van der Waals surface area contributed by atoms with Crippen molar-refractivity contribution in [1.82, 2.24) is 4.98 Å². The average molecular weight is 323 g/mol. The largest absolute Gasteiger partial charge is 0.354 e. The molecule has 0 saturated heterocycles. The molecule has 0 atom stereocenters. The fraction of sp³-hybridized carbons (Fsp3) is 0.400. The van der Waals surface area contributed by atoms with Crippen molar-refractivity contribution in [3.05, 3.63) is 48.2 Å². The highest BCUT2D eigenvalue weighted by Gasteiger charge is 2.25. The lowest BCUT2D eigenvalue weighted by Crippen LogP contribution is -2.28. The van der Waals surface area contributed by atoms with Crippen molar-refractivity contribution in [3.63, 3.8) is 0 Å². The van der Waals surface area contributed by atoms with Crippen LogP contribution in [0.5, 0.6) is 0 Å². The van der Waals surface area contributed by atoms with Gasteiger partial charge >= 0.3 is 0 Å². The fourth-order valence-corrected chi connectivity index (χ4v) is 2.84. The number of rotatable bonds is 4. The molecule has 3 rings (SSSR count). The summed E-state index contributed by atoms with van der Waals surface area (Å²) in [6.45, 7) is 6.60. The molecule has 1 saturated carbocycles. The fourth-order valence-electron chi connectivity index (χ4n) is 2.84. The van der Waals surface area contributed by atoms with Crippen LogP contribution in [0.1, 0.15) is 45.6 Å². The summed E-state index contributed by atoms with van der Waals surface area (Å²) in [5, 5.41) is 6.32. The van der Waals surface area contributed by atoms with E-state index in [1.54, 1.807) is 6.20 Å². The van der Waals surface area contributed by atoms with E-state index in [-0.39, 0.29) is 17.2 Å². The summed E-state index contributed by atoms with van der Waals surface area (Å²) in [5.74, 6) is 0.873. The van der Waals surface area contributed by atoms with Crippen LogP contribution in [0.3, 0.4) is 0 Å². The van der Waals surface area contributed by atoms with Crippen molar-refractivity contribution in [2.24, 2.45) is 5.92 Å². The first-order chi connectivity index (χ1) is 11.4. The molecule has 126 valence electrons. The number of pyridine rings is 1. The number of carbonyl (C=O) groups is 1. The van der Waals surface area contributed by atoms with Crippen LogP contribution in [-0.4, -0.2) is 10.9 Å². The van der Waals surface area contributed by atoms with Gasteiger partial charge in [0.05, 0.1) is 11.9 Å². The predicted octanol–water partition coefficient (Wildman–Crippen LogP) is 4.86. The van der Waals surface area contributed by atoms with Crippen molar-refractivity contribution in [2.75, 3.05) is 10.6 Å². The maximum absolute atomic E-state index is 12.0. The number of anilines is 3. The number of amides is 1. The summed E-state index contributed by atoms with van der Waals surface area (Å²) >= 11 is 0. The molecule has 2 N–H and O–H groups in total. The van der Waals surface area contributed by atoms with Crippen LogP contribution in [0.2, 0.25) is 0 Å². The molecule has 1 aliphatic carbocycles. The van der Waals surface area contributed by atoms with Crippen LogP contribution in [0.15, 0.2) is 42.6 Å². The molecule has 1 aromatic heterocycles. The molecule has 0 aliphatic heterocycles. The Morgan fingerprint density at radius 3 is 2.46 bits per heavy atom. The van der Waals surface area contributed by atoms with Gasteiger partial charge in [0.15, 0.2) is 0 Å². The number of benzene rings is 1. The number of hydrogen-bond acceptors (Lipinski definition) is 3. The van der Waals surface area contributed by atoms with E-state index in [1.165, 1.54) is 5.56 Å². The predicted molar refractivity (Wildman–Crippen MR) is 98.6 cm³/mol. The van der Waals surface area contributed by atoms with Crippen LogP contribution in [0, 0.1) is 5.92 Å². The van der Waals surface area contributed by atoms with Crippen LogP contribution in [0.25, 0.3) is 0 Å². The monoisotopic (exact) mass is 323 g/mol. The van der Waals surface area contributed by atoms with Gasteiger partial charge < -0.3 is 10.6 Å². The molecule has 0 unspecified atom stereocenters. The number of carbonyl (C=O) groups excluding carboxylic acids is 1. The van der Waals surface area contributed by atoms with E-state index in [0.29, 0.717) is 5.82 Å². The van der Waals surface area contributed by atoms with E-state index in [1.807, 2.05) is 18.2 Å². The molecule has 1 amide bonds. The van der Waals surface area contributed by atoms with Gasteiger partial charge in [-0.05, 0) is 42.0 Å². The lowest BCUT2D eigenvalue weighted by atomic mass is 9.85. The topological polar surface area (TPSA) is 54.0 Å². The Morgan fingerprint density at radius 1 is 1.12 bits per heavy atom. The molecule has 1 heterocycles. The highest BCUT2D eigenvalue weighted by atomic mass is 16.2.